The van der Waals surface area contributed by atoms with Crippen LogP contribution >= 0.6 is 11.3 Å². The zero-order chi connectivity index (χ0) is 12.4. The normalized spacial score (nSPS) is 20.8. The van der Waals surface area contributed by atoms with Crippen LogP contribution in [0.1, 0.15) is 16.7 Å². The second kappa shape index (κ2) is 4.66. The van der Waals surface area contributed by atoms with Gasteiger partial charge < -0.3 is 10.1 Å². The van der Waals surface area contributed by atoms with Gasteiger partial charge in [-0.25, -0.2) is 4.79 Å². The number of ether oxygens (including phenoxy) is 1. The summed E-state index contributed by atoms with van der Waals surface area (Å²) < 4.78 is 5.30. The van der Waals surface area contributed by atoms with Crippen LogP contribution in [0.25, 0.3) is 6.08 Å². The van der Waals surface area contributed by atoms with Crippen molar-refractivity contribution in [3.8, 4) is 0 Å². The van der Waals surface area contributed by atoms with Crippen molar-refractivity contribution in [3.63, 3.8) is 0 Å². The fraction of sp³-hybridized carbons (Fsp3) is 0.0714. The van der Waals surface area contributed by atoms with Crippen molar-refractivity contribution in [1.82, 2.24) is 5.32 Å². The third-order valence-corrected chi connectivity index (χ3v) is 3.48. The van der Waals surface area contributed by atoms with Gasteiger partial charge in [0.2, 0.25) is 0 Å². The number of nitrogens with one attached hydrogen (secondary N) is 1. The van der Waals surface area contributed by atoms with Crippen LogP contribution in [0, 0.1) is 0 Å². The highest BCUT2D eigenvalue weighted by atomic mass is 32.1. The third-order valence-electron chi connectivity index (χ3n) is 2.66. The van der Waals surface area contributed by atoms with E-state index in [4.69, 9.17) is 4.74 Å². The van der Waals surface area contributed by atoms with Crippen LogP contribution in [0.4, 0.5) is 0 Å². The Labute approximate surface area is 109 Å². The highest BCUT2D eigenvalue weighted by Gasteiger charge is 2.28. The summed E-state index contributed by atoms with van der Waals surface area (Å²) in [7, 11) is 0. The van der Waals surface area contributed by atoms with Gasteiger partial charge in [0.25, 0.3) is 0 Å². The maximum absolute atomic E-state index is 11.7. The maximum Gasteiger partial charge on any atom is 0.356 e. The second-order valence-corrected chi connectivity index (χ2v) is 4.89. The molecule has 0 bridgehead atoms. The van der Waals surface area contributed by atoms with Crippen molar-refractivity contribution in [3.05, 3.63) is 64.0 Å². The number of carbonyl (C=O) groups excluding carboxylic acids is 1. The molecule has 4 heteroatoms. The van der Waals surface area contributed by atoms with E-state index in [0.29, 0.717) is 5.70 Å². The SMILES string of the molecule is O=C1OC(c2ccccc2)N/C1=C\c1cccs1. The summed E-state index contributed by atoms with van der Waals surface area (Å²) in [6.07, 6.45) is 1.43. The minimum Gasteiger partial charge on any atom is -0.433 e. The summed E-state index contributed by atoms with van der Waals surface area (Å²) in [6.45, 7) is 0. The van der Waals surface area contributed by atoms with Gasteiger partial charge in [-0.2, -0.15) is 0 Å². The van der Waals surface area contributed by atoms with Crippen molar-refractivity contribution < 1.29 is 9.53 Å². The van der Waals surface area contributed by atoms with E-state index in [1.807, 2.05) is 53.9 Å². The molecule has 2 aromatic rings. The Balaban J connectivity index is 1.83. The summed E-state index contributed by atoms with van der Waals surface area (Å²) >= 11 is 1.58. The van der Waals surface area contributed by atoms with Crippen LogP contribution < -0.4 is 5.32 Å². The smallest absolute Gasteiger partial charge is 0.356 e. The number of hydrogen-bond acceptors (Lipinski definition) is 4. The minimum atomic E-state index is -0.384. The van der Waals surface area contributed by atoms with Gasteiger partial charge in [-0.1, -0.05) is 36.4 Å². The molecule has 1 saturated heterocycles. The lowest BCUT2D eigenvalue weighted by Gasteiger charge is -2.08. The van der Waals surface area contributed by atoms with Crippen molar-refractivity contribution in [2.75, 3.05) is 0 Å². The molecular formula is C14H11NO2S. The van der Waals surface area contributed by atoms with Crippen LogP contribution in [0.2, 0.25) is 0 Å². The number of benzene rings is 1. The van der Waals surface area contributed by atoms with Crippen LogP contribution in [-0.2, 0) is 9.53 Å². The Kier molecular flexibility index (Phi) is 2.86. The Hall–Kier alpha value is -2.07. The molecule has 0 radical (unpaired) electrons. The van der Waals surface area contributed by atoms with Gasteiger partial charge in [0.15, 0.2) is 6.23 Å². The molecule has 0 aliphatic carbocycles. The first-order valence-electron chi connectivity index (χ1n) is 5.60. The lowest BCUT2D eigenvalue weighted by atomic mass is 10.2. The maximum atomic E-state index is 11.7. The Morgan fingerprint density at radius 3 is 2.72 bits per heavy atom. The molecule has 2 heterocycles. The Morgan fingerprint density at radius 2 is 2.00 bits per heavy atom. The minimum absolute atomic E-state index is 0.308. The van der Waals surface area contributed by atoms with Gasteiger partial charge in [-0.05, 0) is 17.5 Å². The lowest BCUT2D eigenvalue weighted by Crippen LogP contribution is -2.12. The van der Waals surface area contributed by atoms with E-state index in [2.05, 4.69) is 5.32 Å². The third kappa shape index (κ3) is 2.15. The fourth-order valence-electron chi connectivity index (χ4n) is 1.80. The molecule has 90 valence electrons. The largest absolute Gasteiger partial charge is 0.433 e. The topological polar surface area (TPSA) is 38.3 Å². The summed E-state index contributed by atoms with van der Waals surface area (Å²) in [5, 5.41) is 5.06. The average molecular weight is 257 g/mol. The number of hydrogen-bond donors (Lipinski definition) is 1. The van der Waals surface area contributed by atoms with E-state index in [-0.39, 0.29) is 12.2 Å². The van der Waals surface area contributed by atoms with Gasteiger partial charge in [0.05, 0.1) is 0 Å². The van der Waals surface area contributed by atoms with Crippen LogP contribution in [0.15, 0.2) is 53.5 Å². The molecule has 1 atom stereocenters. The first kappa shape index (κ1) is 11.0. The molecule has 1 fully saturated rings. The quantitative estimate of drug-likeness (QED) is 0.664. The van der Waals surface area contributed by atoms with E-state index < -0.39 is 0 Å². The first-order valence-corrected chi connectivity index (χ1v) is 6.48. The van der Waals surface area contributed by atoms with Crippen molar-refractivity contribution >= 4 is 23.4 Å². The number of rotatable bonds is 2. The van der Waals surface area contributed by atoms with Gasteiger partial charge in [-0.3, -0.25) is 0 Å². The van der Waals surface area contributed by atoms with Crippen LogP contribution in [-0.4, -0.2) is 5.97 Å². The van der Waals surface area contributed by atoms with Crippen molar-refractivity contribution in [2.24, 2.45) is 0 Å². The zero-order valence-corrected chi connectivity index (χ0v) is 10.3. The standard InChI is InChI=1S/C14H11NO2S/c16-14-12(9-11-7-4-8-18-11)15-13(17-14)10-5-2-1-3-6-10/h1-9,13,15H/b12-9-. The number of carbonyl (C=O) groups is 1. The molecule has 3 nitrogen and oxygen atoms in total. The molecule has 0 amide bonds. The van der Waals surface area contributed by atoms with E-state index in [9.17, 15) is 4.79 Å². The molecule has 1 N–H and O–H groups in total. The summed E-state index contributed by atoms with van der Waals surface area (Å²) in [5.41, 5.74) is 1.45. The molecule has 18 heavy (non-hydrogen) atoms. The summed E-state index contributed by atoms with van der Waals surface area (Å²) in [5.74, 6) is -0.308. The van der Waals surface area contributed by atoms with E-state index in [0.717, 1.165) is 10.4 Å². The Bertz CT molecular complexity index is 575. The zero-order valence-electron chi connectivity index (χ0n) is 9.50. The highest BCUT2D eigenvalue weighted by Crippen LogP contribution is 2.25. The molecule has 0 spiro atoms. The van der Waals surface area contributed by atoms with E-state index in [1.165, 1.54) is 0 Å². The molecule has 1 unspecified atom stereocenters. The molecule has 1 aromatic heterocycles. The predicted octanol–water partition coefficient (Wildman–Crippen LogP) is 2.93. The Morgan fingerprint density at radius 1 is 1.17 bits per heavy atom. The van der Waals surface area contributed by atoms with Gasteiger partial charge in [-0.15, -0.1) is 11.3 Å². The van der Waals surface area contributed by atoms with Crippen molar-refractivity contribution in [2.45, 2.75) is 6.23 Å². The highest BCUT2D eigenvalue weighted by molar-refractivity contribution is 7.10. The average Bonchev–Trinajstić information content (AvgIpc) is 3.02. The predicted molar refractivity (Wildman–Crippen MR) is 70.7 cm³/mol. The van der Waals surface area contributed by atoms with Crippen LogP contribution in [0.5, 0.6) is 0 Å². The number of cyclic esters (lactones) is 1. The summed E-state index contributed by atoms with van der Waals surface area (Å²) in [4.78, 5) is 12.8. The molecule has 1 aromatic carbocycles. The van der Waals surface area contributed by atoms with Gasteiger partial charge in [0.1, 0.15) is 5.70 Å². The van der Waals surface area contributed by atoms with Gasteiger partial charge in [0, 0.05) is 10.4 Å². The molecule has 3 rings (SSSR count). The van der Waals surface area contributed by atoms with E-state index in [1.54, 1.807) is 11.3 Å². The fourth-order valence-corrected chi connectivity index (χ4v) is 2.45. The molecule has 0 saturated carbocycles. The lowest BCUT2D eigenvalue weighted by molar-refractivity contribution is -0.139. The van der Waals surface area contributed by atoms with Gasteiger partial charge >= 0.3 is 5.97 Å². The number of esters is 1. The molecular weight excluding hydrogens is 246 g/mol. The van der Waals surface area contributed by atoms with Crippen LogP contribution in [0.3, 0.4) is 0 Å². The second-order valence-electron chi connectivity index (χ2n) is 3.91. The first-order chi connectivity index (χ1) is 8.83. The number of thiophene rings is 1. The molecule has 1 aliphatic heterocycles. The monoisotopic (exact) mass is 257 g/mol. The van der Waals surface area contributed by atoms with E-state index >= 15 is 0 Å². The summed E-state index contributed by atoms with van der Waals surface area (Å²) in [6, 6.07) is 13.5. The van der Waals surface area contributed by atoms with Crippen molar-refractivity contribution in [1.29, 1.82) is 0 Å². The molecule has 1 aliphatic rings.